The fourth-order valence-electron chi connectivity index (χ4n) is 1.72. The second kappa shape index (κ2) is 8.50. The lowest BCUT2D eigenvalue weighted by molar-refractivity contribution is -0.127. The molecule has 0 fully saturated rings. The fraction of sp³-hybridized carbons (Fsp3) is 0.333. The van der Waals surface area contributed by atoms with Crippen LogP contribution in [0.2, 0.25) is 0 Å². The van der Waals surface area contributed by atoms with E-state index in [0.29, 0.717) is 23.8 Å². The number of aryl methyl sites for hydroxylation is 1. The molecule has 0 bridgehead atoms. The molecular weight excluding hydrogens is 330 g/mol. The van der Waals surface area contributed by atoms with Gasteiger partial charge in [-0.15, -0.1) is 10.2 Å². The molecule has 0 aliphatic carbocycles. The molecule has 23 heavy (non-hydrogen) atoms. The van der Waals surface area contributed by atoms with E-state index < -0.39 is 0 Å². The zero-order chi connectivity index (χ0) is 16.7. The highest BCUT2D eigenvalue weighted by Crippen LogP contribution is 2.28. The molecule has 0 unspecified atom stereocenters. The first kappa shape index (κ1) is 17.2. The second-order valence-electron chi connectivity index (χ2n) is 4.83. The normalized spacial score (nSPS) is 10.1. The van der Waals surface area contributed by atoms with Crippen molar-refractivity contribution in [3.63, 3.8) is 0 Å². The van der Waals surface area contributed by atoms with E-state index in [0.717, 1.165) is 15.6 Å². The van der Waals surface area contributed by atoms with E-state index in [4.69, 9.17) is 5.26 Å². The van der Waals surface area contributed by atoms with Gasteiger partial charge in [0.1, 0.15) is 0 Å². The summed E-state index contributed by atoms with van der Waals surface area (Å²) in [4.78, 5) is 13.5. The number of nitrogens with zero attached hydrogens (tertiary/aromatic N) is 4. The minimum Gasteiger partial charge on any atom is -0.344 e. The number of nitriles is 1. The predicted molar refractivity (Wildman–Crippen MR) is 93.0 cm³/mol. The van der Waals surface area contributed by atoms with E-state index in [1.54, 1.807) is 11.9 Å². The zero-order valence-electron chi connectivity index (χ0n) is 12.9. The Morgan fingerprint density at radius 2 is 2.22 bits per heavy atom. The third-order valence-electron chi connectivity index (χ3n) is 3.10. The molecule has 1 aromatic heterocycles. The third-order valence-corrected chi connectivity index (χ3v) is 5.05. The number of thioether (sulfide) groups is 1. The van der Waals surface area contributed by atoms with E-state index in [-0.39, 0.29) is 5.91 Å². The minimum atomic E-state index is -0.0196. The molecule has 120 valence electrons. The van der Waals surface area contributed by atoms with Crippen LogP contribution in [-0.4, -0.2) is 40.3 Å². The molecule has 0 aliphatic rings. The van der Waals surface area contributed by atoms with Crippen molar-refractivity contribution in [2.45, 2.75) is 17.7 Å². The van der Waals surface area contributed by atoms with Crippen LogP contribution in [0.15, 0.2) is 28.6 Å². The standard InChI is InChI=1S/C15H17N5OS2/c1-11-6-3-4-7-12(11)17-14-18-19-15(23-14)22-10-13(21)20(2)9-5-8-16/h3-4,6-7H,5,9-10H2,1-2H3,(H,17,18). The van der Waals surface area contributed by atoms with Gasteiger partial charge in [-0.2, -0.15) is 5.26 Å². The van der Waals surface area contributed by atoms with Gasteiger partial charge in [0.15, 0.2) is 4.34 Å². The van der Waals surface area contributed by atoms with E-state index in [1.165, 1.54) is 23.1 Å². The summed E-state index contributed by atoms with van der Waals surface area (Å²) in [5, 5.41) is 20.6. The Labute approximate surface area is 143 Å². The van der Waals surface area contributed by atoms with Crippen LogP contribution in [0.3, 0.4) is 0 Å². The molecule has 2 aromatic rings. The monoisotopic (exact) mass is 347 g/mol. The Morgan fingerprint density at radius 1 is 1.43 bits per heavy atom. The molecule has 1 aromatic carbocycles. The number of amides is 1. The average Bonchev–Trinajstić information content (AvgIpc) is 3.00. The maximum atomic E-state index is 11.9. The Morgan fingerprint density at radius 3 is 2.96 bits per heavy atom. The van der Waals surface area contributed by atoms with Crippen LogP contribution < -0.4 is 5.32 Å². The highest BCUT2D eigenvalue weighted by Gasteiger charge is 2.12. The summed E-state index contributed by atoms with van der Waals surface area (Å²) in [5.74, 6) is 0.273. The van der Waals surface area contributed by atoms with Gasteiger partial charge in [-0.1, -0.05) is 41.3 Å². The zero-order valence-corrected chi connectivity index (χ0v) is 14.6. The van der Waals surface area contributed by atoms with Crippen molar-refractivity contribution < 1.29 is 4.79 Å². The number of aromatic nitrogens is 2. The number of carbonyl (C=O) groups is 1. The van der Waals surface area contributed by atoms with Gasteiger partial charge in [0.25, 0.3) is 0 Å². The Balaban J connectivity index is 1.87. The maximum absolute atomic E-state index is 11.9. The van der Waals surface area contributed by atoms with Gasteiger partial charge in [-0.25, -0.2) is 0 Å². The van der Waals surface area contributed by atoms with Gasteiger partial charge in [-0.3, -0.25) is 4.79 Å². The first-order valence-electron chi connectivity index (χ1n) is 7.00. The Bertz CT molecular complexity index is 710. The van der Waals surface area contributed by atoms with E-state index in [2.05, 4.69) is 15.5 Å². The molecule has 1 N–H and O–H groups in total. The van der Waals surface area contributed by atoms with E-state index in [1.807, 2.05) is 37.3 Å². The summed E-state index contributed by atoms with van der Waals surface area (Å²) in [5.41, 5.74) is 2.12. The summed E-state index contributed by atoms with van der Waals surface area (Å²) in [6.07, 6.45) is 0.343. The summed E-state index contributed by atoms with van der Waals surface area (Å²) < 4.78 is 0.739. The predicted octanol–water partition coefficient (Wildman–Crippen LogP) is 3.05. The summed E-state index contributed by atoms with van der Waals surface area (Å²) in [6, 6.07) is 9.98. The van der Waals surface area contributed by atoms with Gasteiger partial charge in [-0.05, 0) is 18.6 Å². The molecule has 0 saturated carbocycles. The molecule has 1 amide bonds. The van der Waals surface area contributed by atoms with Crippen molar-refractivity contribution in [3.05, 3.63) is 29.8 Å². The number of rotatable bonds is 7. The molecule has 6 nitrogen and oxygen atoms in total. The van der Waals surface area contributed by atoms with Crippen LogP contribution in [0, 0.1) is 18.3 Å². The molecule has 0 saturated heterocycles. The second-order valence-corrected chi connectivity index (χ2v) is 7.03. The van der Waals surface area contributed by atoms with Crippen LogP contribution in [-0.2, 0) is 4.79 Å². The third kappa shape index (κ3) is 5.23. The lowest BCUT2D eigenvalue weighted by Gasteiger charge is -2.14. The van der Waals surface area contributed by atoms with Gasteiger partial charge in [0.05, 0.1) is 18.2 Å². The Kier molecular flexibility index (Phi) is 6.38. The van der Waals surface area contributed by atoms with Crippen molar-refractivity contribution in [1.29, 1.82) is 5.26 Å². The highest BCUT2D eigenvalue weighted by atomic mass is 32.2. The van der Waals surface area contributed by atoms with Crippen molar-refractivity contribution >= 4 is 39.8 Å². The first-order valence-corrected chi connectivity index (χ1v) is 8.80. The lowest BCUT2D eigenvalue weighted by atomic mass is 10.2. The van der Waals surface area contributed by atoms with Gasteiger partial charge < -0.3 is 10.2 Å². The molecular formula is C15H17N5OS2. The van der Waals surface area contributed by atoms with Crippen LogP contribution >= 0.6 is 23.1 Å². The number of nitrogens with one attached hydrogen (secondary N) is 1. The minimum absolute atomic E-state index is 0.0196. The average molecular weight is 347 g/mol. The Hall–Kier alpha value is -2.11. The number of para-hydroxylation sites is 1. The summed E-state index contributed by atoms with van der Waals surface area (Å²) in [6.45, 7) is 2.47. The molecule has 1 heterocycles. The molecule has 0 radical (unpaired) electrons. The number of anilines is 2. The highest BCUT2D eigenvalue weighted by molar-refractivity contribution is 8.01. The smallest absolute Gasteiger partial charge is 0.232 e. The molecule has 0 aliphatic heterocycles. The first-order chi connectivity index (χ1) is 11.1. The largest absolute Gasteiger partial charge is 0.344 e. The lowest BCUT2D eigenvalue weighted by Crippen LogP contribution is -2.29. The van der Waals surface area contributed by atoms with Crippen molar-refractivity contribution in [2.24, 2.45) is 0 Å². The molecule has 0 spiro atoms. The quantitative estimate of drug-likeness (QED) is 0.775. The fourth-order valence-corrected chi connectivity index (χ4v) is 3.43. The van der Waals surface area contributed by atoms with Gasteiger partial charge >= 0.3 is 0 Å². The van der Waals surface area contributed by atoms with Crippen LogP contribution in [0.1, 0.15) is 12.0 Å². The van der Waals surface area contributed by atoms with E-state index >= 15 is 0 Å². The van der Waals surface area contributed by atoms with Crippen molar-refractivity contribution in [1.82, 2.24) is 15.1 Å². The SMILES string of the molecule is Cc1ccccc1Nc1nnc(SCC(=O)N(C)CCC#N)s1. The van der Waals surface area contributed by atoms with Gasteiger partial charge in [0, 0.05) is 19.3 Å². The number of hydrogen-bond acceptors (Lipinski definition) is 7. The molecule has 8 heteroatoms. The molecule has 2 rings (SSSR count). The molecule has 0 atom stereocenters. The van der Waals surface area contributed by atoms with Gasteiger partial charge in [0.2, 0.25) is 11.0 Å². The summed E-state index contributed by atoms with van der Waals surface area (Å²) >= 11 is 2.77. The van der Waals surface area contributed by atoms with Crippen LogP contribution in [0.4, 0.5) is 10.8 Å². The van der Waals surface area contributed by atoms with Crippen molar-refractivity contribution in [2.75, 3.05) is 24.7 Å². The topological polar surface area (TPSA) is 81.9 Å². The van der Waals surface area contributed by atoms with Crippen LogP contribution in [0.25, 0.3) is 0 Å². The van der Waals surface area contributed by atoms with Crippen molar-refractivity contribution in [3.8, 4) is 6.07 Å². The maximum Gasteiger partial charge on any atom is 0.232 e. The number of carbonyl (C=O) groups excluding carboxylic acids is 1. The van der Waals surface area contributed by atoms with Crippen LogP contribution in [0.5, 0.6) is 0 Å². The van der Waals surface area contributed by atoms with E-state index in [9.17, 15) is 4.79 Å². The number of hydrogen-bond donors (Lipinski definition) is 1. The number of benzene rings is 1. The summed E-state index contributed by atoms with van der Waals surface area (Å²) in [7, 11) is 1.70.